The lowest BCUT2D eigenvalue weighted by Gasteiger charge is -2.10. The number of aryl methyl sites for hydroxylation is 1. The van der Waals surface area contributed by atoms with Crippen molar-refractivity contribution in [1.82, 2.24) is 0 Å². The van der Waals surface area contributed by atoms with Crippen LogP contribution in [0.5, 0.6) is 0 Å². The first-order valence-corrected chi connectivity index (χ1v) is 9.01. The summed E-state index contributed by atoms with van der Waals surface area (Å²) in [5, 5.41) is 8.82. The number of benzene rings is 2. The zero-order valence-electron chi connectivity index (χ0n) is 13.9. The Hall–Kier alpha value is -2.34. The van der Waals surface area contributed by atoms with Crippen LogP contribution in [-0.4, -0.2) is 18.4 Å². The van der Waals surface area contributed by atoms with E-state index < -0.39 is 0 Å². The zero-order chi connectivity index (χ0) is 17.8. The van der Waals surface area contributed by atoms with E-state index in [4.69, 9.17) is 0 Å². The first kappa shape index (κ1) is 17.5. The maximum Gasteiger partial charge on any atom is 0.243 e. The van der Waals surface area contributed by atoms with Crippen LogP contribution in [0.25, 0.3) is 0 Å². The van der Waals surface area contributed by atoms with E-state index in [0.29, 0.717) is 0 Å². The Balaban J connectivity index is 1.49. The average Bonchev–Trinajstić information content (AvgIpc) is 3.42. The van der Waals surface area contributed by atoms with Crippen molar-refractivity contribution in [2.75, 3.05) is 22.5 Å². The van der Waals surface area contributed by atoms with Gasteiger partial charge in [0.1, 0.15) is 0 Å². The molecule has 0 unspecified atom stereocenters. The molecule has 0 radical (unpaired) electrons. The van der Waals surface area contributed by atoms with Crippen molar-refractivity contribution in [2.45, 2.75) is 19.8 Å². The molecule has 130 valence electrons. The van der Waals surface area contributed by atoms with Gasteiger partial charge in [0.25, 0.3) is 0 Å². The maximum atomic E-state index is 12.1. The van der Waals surface area contributed by atoms with Crippen LogP contribution in [0.3, 0.4) is 0 Å². The summed E-state index contributed by atoms with van der Waals surface area (Å²) in [7, 11) is 0. The molecule has 0 heterocycles. The first-order chi connectivity index (χ1) is 12.0. The molecule has 0 aromatic heterocycles. The second kappa shape index (κ2) is 7.70. The lowest BCUT2D eigenvalue weighted by atomic mass is 10.2. The highest BCUT2D eigenvalue weighted by molar-refractivity contribution is 9.10. The van der Waals surface area contributed by atoms with E-state index in [1.54, 1.807) is 0 Å². The molecule has 0 spiro atoms. The molecule has 1 aliphatic carbocycles. The third kappa shape index (κ3) is 5.06. The van der Waals surface area contributed by atoms with Crippen LogP contribution in [0.2, 0.25) is 0 Å². The van der Waals surface area contributed by atoms with Crippen LogP contribution in [0.1, 0.15) is 18.4 Å². The fraction of sp³-hybridized carbons (Fsp3) is 0.263. The molecule has 2 aromatic carbocycles. The predicted octanol–water partition coefficient (Wildman–Crippen LogP) is 4.16. The van der Waals surface area contributed by atoms with Crippen LogP contribution >= 0.6 is 15.9 Å². The summed E-state index contributed by atoms with van der Waals surface area (Å²) < 4.78 is 0.858. The molecule has 1 saturated carbocycles. The predicted molar refractivity (Wildman–Crippen MR) is 104 cm³/mol. The second-order valence-corrected chi connectivity index (χ2v) is 7.08. The minimum absolute atomic E-state index is 0.0868. The van der Waals surface area contributed by atoms with E-state index >= 15 is 0 Å². The highest BCUT2D eigenvalue weighted by Gasteiger charge is 2.29. The van der Waals surface area contributed by atoms with E-state index in [1.807, 2.05) is 49.4 Å². The van der Waals surface area contributed by atoms with Gasteiger partial charge in [-0.1, -0.05) is 6.07 Å². The minimum atomic E-state index is -0.129. The third-order valence-corrected chi connectivity index (χ3v) is 4.61. The van der Waals surface area contributed by atoms with Crippen LogP contribution in [0.15, 0.2) is 46.9 Å². The fourth-order valence-electron chi connectivity index (χ4n) is 2.36. The van der Waals surface area contributed by atoms with Crippen LogP contribution in [0.4, 0.5) is 17.1 Å². The molecule has 0 aliphatic heterocycles. The lowest BCUT2D eigenvalue weighted by molar-refractivity contribution is -0.117. The van der Waals surface area contributed by atoms with Crippen molar-refractivity contribution >= 4 is 44.8 Å². The van der Waals surface area contributed by atoms with Crippen molar-refractivity contribution in [2.24, 2.45) is 5.92 Å². The summed E-state index contributed by atoms with van der Waals surface area (Å²) >= 11 is 3.44. The average molecular weight is 402 g/mol. The van der Waals surface area contributed by atoms with Crippen LogP contribution < -0.4 is 16.0 Å². The number of anilines is 3. The number of halogens is 1. The Labute approximate surface area is 155 Å². The van der Waals surface area contributed by atoms with Crippen LogP contribution in [-0.2, 0) is 9.59 Å². The van der Waals surface area contributed by atoms with Gasteiger partial charge in [-0.05, 0) is 77.7 Å². The van der Waals surface area contributed by atoms with Gasteiger partial charge in [0, 0.05) is 21.8 Å². The number of nitrogens with one attached hydrogen (secondary N) is 3. The molecule has 0 bridgehead atoms. The van der Waals surface area contributed by atoms with E-state index in [1.165, 1.54) is 0 Å². The van der Waals surface area contributed by atoms with E-state index in [-0.39, 0.29) is 24.3 Å². The maximum absolute atomic E-state index is 12.1. The van der Waals surface area contributed by atoms with E-state index in [9.17, 15) is 9.59 Å². The summed E-state index contributed by atoms with van der Waals surface area (Å²) in [6.45, 7) is 2.16. The van der Waals surface area contributed by atoms with E-state index in [0.717, 1.165) is 39.9 Å². The summed E-state index contributed by atoms with van der Waals surface area (Å²) in [5.74, 6) is 0.141. The molecule has 3 N–H and O–H groups in total. The smallest absolute Gasteiger partial charge is 0.243 e. The van der Waals surface area contributed by atoms with Crippen molar-refractivity contribution in [3.63, 3.8) is 0 Å². The topological polar surface area (TPSA) is 70.2 Å². The Morgan fingerprint density at radius 3 is 2.36 bits per heavy atom. The number of hydrogen-bond acceptors (Lipinski definition) is 3. The number of rotatable bonds is 6. The molecule has 2 amide bonds. The summed E-state index contributed by atoms with van der Waals surface area (Å²) in [6, 6.07) is 13.1. The highest BCUT2D eigenvalue weighted by atomic mass is 79.9. The largest absolute Gasteiger partial charge is 0.376 e. The lowest BCUT2D eigenvalue weighted by Crippen LogP contribution is -2.22. The number of amides is 2. The van der Waals surface area contributed by atoms with Crippen molar-refractivity contribution in [3.05, 3.63) is 52.5 Å². The molecular formula is C19H20BrN3O2. The monoisotopic (exact) mass is 401 g/mol. The molecule has 1 aliphatic rings. The first-order valence-electron chi connectivity index (χ1n) is 8.22. The van der Waals surface area contributed by atoms with Gasteiger partial charge in [-0.25, -0.2) is 0 Å². The number of carbonyl (C=O) groups is 2. The van der Waals surface area contributed by atoms with Gasteiger partial charge in [0.2, 0.25) is 11.8 Å². The third-order valence-electron chi connectivity index (χ3n) is 3.95. The molecular weight excluding hydrogens is 382 g/mol. The zero-order valence-corrected chi connectivity index (χ0v) is 15.5. The van der Waals surface area contributed by atoms with Gasteiger partial charge >= 0.3 is 0 Å². The SMILES string of the molecule is Cc1ccc(NC(=O)CNc2ccc(NC(=O)C3CC3)cc2)c(Br)c1. The Morgan fingerprint density at radius 2 is 1.72 bits per heavy atom. The van der Waals surface area contributed by atoms with Gasteiger partial charge in [-0.3, -0.25) is 9.59 Å². The molecule has 25 heavy (non-hydrogen) atoms. The van der Waals surface area contributed by atoms with Gasteiger partial charge in [0.05, 0.1) is 12.2 Å². The van der Waals surface area contributed by atoms with Crippen LogP contribution in [0, 0.1) is 12.8 Å². The molecule has 0 saturated heterocycles. The molecule has 2 aromatic rings. The molecule has 6 heteroatoms. The van der Waals surface area contributed by atoms with Gasteiger partial charge in [0.15, 0.2) is 0 Å². The Kier molecular flexibility index (Phi) is 5.38. The van der Waals surface area contributed by atoms with E-state index in [2.05, 4.69) is 31.9 Å². The molecule has 5 nitrogen and oxygen atoms in total. The Morgan fingerprint density at radius 1 is 1.04 bits per heavy atom. The summed E-state index contributed by atoms with van der Waals surface area (Å²) in [5.41, 5.74) is 3.46. The summed E-state index contributed by atoms with van der Waals surface area (Å²) in [6.07, 6.45) is 1.97. The normalized spacial score (nSPS) is 13.2. The minimum Gasteiger partial charge on any atom is -0.376 e. The number of carbonyl (C=O) groups excluding carboxylic acids is 2. The fourth-order valence-corrected chi connectivity index (χ4v) is 2.95. The van der Waals surface area contributed by atoms with Crippen molar-refractivity contribution in [3.8, 4) is 0 Å². The number of hydrogen-bond donors (Lipinski definition) is 3. The quantitative estimate of drug-likeness (QED) is 0.680. The highest BCUT2D eigenvalue weighted by Crippen LogP contribution is 2.30. The van der Waals surface area contributed by atoms with Crippen molar-refractivity contribution < 1.29 is 9.59 Å². The molecule has 3 rings (SSSR count). The van der Waals surface area contributed by atoms with Gasteiger partial charge in [-0.2, -0.15) is 0 Å². The van der Waals surface area contributed by atoms with Crippen molar-refractivity contribution in [1.29, 1.82) is 0 Å². The Bertz CT molecular complexity index is 786. The standard InChI is InChI=1S/C19H20BrN3O2/c1-12-2-9-17(16(20)10-12)23-18(24)11-21-14-5-7-15(8-6-14)22-19(25)13-3-4-13/h2,5-10,13,21H,3-4,11H2,1H3,(H,22,25)(H,23,24). The molecule has 0 atom stereocenters. The van der Waals surface area contributed by atoms with Gasteiger partial charge in [-0.15, -0.1) is 0 Å². The second-order valence-electron chi connectivity index (χ2n) is 6.23. The molecule has 1 fully saturated rings. The summed E-state index contributed by atoms with van der Waals surface area (Å²) in [4.78, 5) is 23.8. The van der Waals surface area contributed by atoms with Gasteiger partial charge < -0.3 is 16.0 Å².